The van der Waals surface area contributed by atoms with Gasteiger partial charge in [-0.2, -0.15) is 0 Å². The molecule has 1 fully saturated rings. The molecule has 0 N–H and O–H groups in total. The molecule has 1 aliphatic rings. The summed E-state index contributed by atoms with van der Waals surface area (Å²) in [4.78, 5) is 11.2. The van der Waals surface area contributed by atoms with Gasteiger partial charge in [0.25, 0.3) is 0 Å². The van der Waals surface area contributed by atoms with Crippen LogP contribution in [-0.4, -0.2) is 5.78 Å². The summed E-state index contributed by atoms with van der Waals surface area (Å²) >= 11 is 0. The molecule has 1 aromatic carbocycles. The van der Waals surface area contributed by atoms with Crippen LogP contribution >= 0.6 is 0 Å². The van der Waals surface area contributed by atoms with Crippen molar-refractivity contribution >= 4 is 5.78 Å². The summed E-state index contributed by atoms with van der Waals surface area (Å²) in [6.07, 6.45) is 2.48. The SMILES string of the molecule is CC#Cc1ccc(C2CCC(=O)C2)cc1. The van der Waals surface area contributed by atoms with Crippen molar-refractivity contribution in [2.24, 2.45) is 0 Å². The summed E-state index contributed by atoms with van der Waals surface area (Å²) in [5, 5.41) is 0. The quantitative estimate of drug-likeness (QED) is 0.634. The minimum atomic E-state index is 0.400. The average Bonchev–Trinajstić information content (AvgIpc) is 2.67. The van der Waals surface area contributed by atoms with E-state index in [9.17, 15) is 4.79 Å². The summed E-state index contributed by atoms with van der Waals surface area (Å²) in [6, 6.07) is 8.27. The van der Waals surface area contributed by atoms with Crippen LogP contribution in [0.15, 0.2) is 24.3 Å². The Kier molecular flexibility index (Phi) is 2.87. The first-order valence-corrected chi connectivity index (χ1v) is 5.34. The maximum absolute atomic E-state index is 11.2. The molecule has 0 heterocycles. The van der Waals surface area contributed by atoms with Crippen molar-refractivity contribution in [2.75, 3.05) is 0 Å². The van der Waals surface area contributed by atoms with Crippen LogP contribution < -0.4 is 0 Å². The first-order chi connectivity index (χ1) is 7.29. The Morgan fingerprint density at radius 3 is 2.53 bits per heavy atom. The lowest BCUT2D eigenvalue weighted by Crippen LogP contribution is -1.93. The van der Waals surface area contributed by atoms with Crippen LogP contribution in [-0.2, 0) is 4.79 Å². The van der Waals surface area contributed by atoms with Crippen LogP contribution in [0.1, 0.15) is 43.2 Å². The minimum absolute atomic E-state index is 0.400. The molecule has 0 bridgehead atoms. The number of hydrogen-bond donors (Lipinski definition) is 0. The van der Waals surface area contributed by atoms with Crippen LogP contribution in [0.25, 0.3) is 0 Å². The lowest BCUT2D eigenvalue weighted by molar-refractivity contribution is -0.117. The highest BCUT2D eigenvalue weighted by Crippen LogP contribution is 2.31. The molecule has 2 rings (SSSR count). The van der Waals surface area contributed by atoms with E-state index >= 15 is 0 Å². The first kappa shape index (κ1) is 9.98. The van der Waals surface area contributed by atoms with Gasteiger partial charge in [-0.25, -0.2) is 0 Å². The maximum atomic E-state index is 11.2. The molecule has 0 radical (unpaired) electrons. The molecule has 0 amide bonds. The lowest BCUT2D eigenvalue weighted by Gasteiger charge is -2.07. The molecule has 15 heavy (non-hydrogen) atoms. The fourth-order valence-electron chi connectivity index (χ4n) is 2.08. The Morgan fingerprint density at radius 1 is 1.27 bits per heavy atom. The zero-order chi connectivity index (χ0) is 10.7. The van der Waals surface area contributed by atoms with Gasteiger partial charge in [0.2, 0.25) is 0 Å². The number of carbonyl (C=O) groups is 1. The van der Waals surface area contributed by atoms with Gasteiger partial charge in [-0.1, -0.05) is 18.1 Å². The standard InChI is InChI=1S/C14H14O/c1-2-3-11-4-6-12(7-5-11)13-8-9-14(15)10-13/h4-7,13H,8-10H2,1H3. The van der Waals surface area contributed by atoms with Crippen molar-refractivity contribution in [3.63, 3.8) is 0 Å². The summed E-state index contributed by atoms with van der Waals surface area (Å²) in [6.45, 7) is 1.84. The third-order valence-electron chi connectivity index (χ3n) is 2.90. The van der Waals surface area contributed by atoms with Gasteiger partial charge in [0.15, 0.2) is 0 Å². The Labute approximate surface area is 90.5 Å². The summed E-state index contributed by atoms with van der Waals surface area (Å²) < 4.78 is 0. The Hall–Kier alpha value is -1.55. The third-order valence-corrected chi connectivity index (χ3v) is 2.90. The molecule has 0 spiro atoms. The molecule has 1 atom stereocenters. The Bertz CT molecular complexity index is 417. The predicted octanol–water partition coefficient (Wildman–Crippen LogP) is 2.89. The van der Waals surface area contributed by atoms with Crippen molar-refractivity contribution in [1.29, 1.82) is 0 Å². The van der Waals surface area contributed by atoms with E-state index in [1.807, 2.05) is 19.1 Å². The van der Waals surface area contributed by atoms with E-state index in [1.54, 1.807) is 0 Å². The highest BCUT2D eigenvalue weighted by Gasteiger charge is 2.23. The largest absolute Gasteiger partial charge is 0.300 e. The molecule has 1 heteroatoms. The van der Waals surface area contributed by atoms with E-state index in [1.165, 1.54) is 5.56 Å². The van der Waals surface area contributed by atoms with Gasteiger partial charge in [-0.05, 0) is 37.0 Å². The summed E-state index contributed by atoms with van der Waals surface area (Å²) in [5.41, 5.74) is 2.33. The van der Waals surface area contributed by atoms with Gasteiger partial charge >= 0.3 is 0 Å². The van der Waals surface area contributed by atoms with E-state index in [0.717, 1.165) is 24.8 Å². The van der Waals surface area contributed by atoms with Crippen molar-refractivity contribution < 1.29 is 4.79 Å². The zero-order valence-corrected chi connectivity index (χ0v) is 8.92. The van der Waals surface area contributed by atoms with E-state index < -0.39 is 0 Å². The van der Waals surface area contributed by atoms with E-state index in [2.05, 4.69) is 24.0 Å². The lowest BCUT2D eigenvalue weighted by atomic mass is 9.97. The highest BCUT2D eigenvalue weighted by molar-refractivity contribution is 5.81. The average molecular weight is 198 g/mol. The van der Waals surface area contributed by atoms with Crippen LogP contribution in [0.5, 0.6) is 0 Å². The monoisotopic (exact) mass is 198 g/mol. The summed E-state index contributed by atoms with van der Waals surface area (Å²) in [5.74, 6) is 6.74. The second kappa shape index (κ2) is 4.31. The van der Waals surface area contributed by atoms with Gasteiger partial charge in [0.05, 0.1) is 0 Å². The number of hydrogen-bond acceptors (Lipinski definition) is 1. The molecule has 1 saturated carbocycles. The minimum Gasteiger partial charge on any atom is -0.300 e. The van der Waals surface area contributed by atoms with Crippen LogP contribution in [0.4, 0.5) is 0 Å². The predicted molar refractivity (Wildman–Crippen MR) is 60.6 cm³/mol. The van der Waals surface area contributed by atoms with E-state index in [-0.39, 0.29) is 0 Å². The molecule has 1 unspecified atom stereocenters. The zero-order valence-electron chi connectivity index (χ0n) is 8.92. The fourth-order valence-corrected chi connectivity index (χ4v) is 2.08. The third kappa shape index (κ3) is 2.27. The van der Waals surface area contributed by atoms with Crippen molar-refractivity contribution in [3.8, 4) is 11.8 Å². The normalized spacial score (nSPS) is 19.8. The second-order valence-corrected chi connectivity index (χ2v) is 3.98. The molecule has 76 valence electrons. The topological polar surface area (TPSA) is 17.1 Å². The van der Waals surface area contributed by atoms with Crippen molar-refractivity contribution in [1.82, 2.24) is 0 Å². The van der Waals surface area contributed by atoms with E-state index in [4.69, 9.17) is 0 Å². The smallest absolute Gasteiger partial charge is 0.133 e. The Balaban J connectivity index is 2.15. The van der Waals surface area contributed by atoms with Gasteiger partial charge < -0.3 is 0 Å². The number of benzene rings is 1. The number of ketones is 1. The van der Waals surface area contributed by atoms with Crippen molar-refractivity contribution in [3.05, 3.63) is 35.4 Å². The van der Waals surface area contributed by atoms with Crippen LogP contribution in [0, 0.1) is 11.8 Å². The molecule has 0 aliphatic heterocycles. The van der Waals surface area contributed by atoms with Gasteiger partial charge in [0.1, 0.15) is 5.78 Å². The fraction of sp³-hybridized carbons (Fsp3) is 0.357. The molecule has 1 aliphatic carbocycles. The first-order valence-electron chi connectivity index (χ1n) is 5.34. The molecule has 0 saturated heterocycles. The van der Waals surface area contributed by atoms with Gasteiger partial charge in [0, 0.05) is 18.4 Å². The van der Waals surface area contributed by atoms with Crippen LogP contribution in [0.2, 0.25) is 0 Å². The Morgan fingerprint density at radius 2 is 2.00 bits per heavy atom. The molecular formula is C14H14O. The number of Topliss-reactive ketones (excluding diaryl/α,β-unsaturated/α-hetero) is 1. The molecule has 1 nitrogen and oxygen atoms in total. The van der Waals surface area contributed by atoms with Gasteiger partial charge in [-0.15, -0.1) is 5.92 Å². The van der Waals surface area contributed by atoms with Crippen molar-refractivity contribution in [2.45, 2.75) is 32.1 Å². The maximum Gasteiger partial charge on any atom is 0.133 e. The van der Waals surface area contributed by atoms with Gasteiger partial charge in [-0.3, -0.25) is 4.79 Å². The number of rotatable bonds is 1. The summed E-state index contributed by atoms with van der Waals surface area (Å²) in [7, 11) is 0. The second-order valence-electron chi connectivity index (χ2n) is 3.98. The van der Waals surface area contributed by atoms with E-state index in [0.29, 0.717) is 11.7 Å². The van der Waals surface area contributed by atoms with Crippen LogP contribution in [0.3, 0.4) is 0 Å². The highest BCUT2D eigenvalue weighted by atomic mass is 16.1. The molecule has 1 aromatic rings. The molecular weight excluding hydrogens is 184 g/mol. The molecule has 0 aromatic heterocycles. The number of carbonyl (C=O) groups excluding carboxylic acids is 1.